The topological polar surface area (TPSA) is 204 Å². The Morgan fingerprint density at radius 1 is 1.02 bits per heavy atom. The zero-order valence-corrected chi connectivity index (χ0v) is 33.2. The molecule has 18 heteroatoms. The van der Waals surface area contributed by atoms with Crippen molar-refractivity contribution in [3.8, 4) is 45.8 Å². The first-order valence-corrected chi connectivity index (χ1v) is 20.9. The number of halogens is 2. The Morgan fingerprint density at radius 3 is 2.40 bits per heavy atom. The number of nitriles is 1. The lowest BCUT2D eigenvalue weighted by molar-refractivity contribution is -0.122. The minimum Gasteiger partial charge on any atom is -0.480 e. The lowest BCUT2D eigenvalue weighted by atomic mass is 9.99. The summed E-state index contributed by atoms with van der Waals surface area (Å²) >= 11 is 14.1. The number of carbonyl (C=O) groups is 1. The van der Waals surface area contributed by atoms with Gasteiger partial charge in [0.1, 0.15) is 17.3 Å². The highest BCUT2D eigenvalue weighted by Gasteiger charge is 2.39. The zero-order chi connectivity index (χ0) is 40.0. The largest absolute Gasteiger partial charge is 0.480 e. The molecule has 0 spiro atoms. The van der Waals surface area contributed by atoms with E-state index in [1.54, 1.807) is 29.1 Å². The molecular weight excluding hydrogens is 793 g/mol. The SMILES string of the molecule is COc1nc(-c2cccc(-c3cccc(-c4nc5c(=N)n(CCN6CC[C@@H](C(=O)NS(=O)(=O)C7CC7)C6)cc(C#N)c5o4)c3Cl)c2Cl)cnc1CN1CC[C@@H](O)C1. The van der Waals surface area contributed by atoms with Gasteiger partial charge in [0.05, 0.1) is 51.9 Å². The van der Waals surface area contributed by atoms with Gasteiger partial charge in [0.25, 0.3) is 0 Å². The molecule has 1 amide bonds. The van der Waals surface area contributed by atoms with E-state index in [1.165, 1.54) is 7.11 Å². The Labute approximate surface area is 338 Å². The van der Waals surface area contributed by atoms with Crippen LogP contribution in [-0.4, -0.2) is 99.9 Å². The smallest absolute Gasteiger partial charge is 0.237 e. The van der Waals surface area contributed by atoms with Crippen molar-refractivity contribution in [1.29, 1.82) is 10.7 Å². The minimum atomic E-state index is -3.61. The molecule has 1 aliphatic carbocycles. The quantitative estimate of drug-likeness (QED) is 0.158. The standard InChI is InChI=1S/C39H39Cl2N9O6S/c1-55-39-31(21-49-13-11-24(51)20-49)44-17-30(45-39)28-6-2-4-26(32(28)40)27-5-3-7-29(33(27)41)38-46-34-35(56-38)23(16-42)19-50(36(34)43)15-14-48-12-10-22(18-48)37(52)47-57(53,54)25-8-9-25/h2-7,17,19,22,24-25,43,51H,8-15,18,20-21H2,1H3,(H,47,52)/t22-,24-/m1/s1. The maximum atomic E-state index is 12.7. The Bertz CT molecular complexity index is 2610. The van der Waals surface area contributed by atoms with Crippen LogP contribution in [0.3, 0.4) is 0 Å². The highest BCUT2D eigenvalue weighted by Crippen LogP contribution is 2.42. The Kier molecular flexibility index (Phi) is 10.8. The number of nitrogens with one attached hydrogen (secondary N) is 2. The van der Waals surface area contributed by atoms with Crippen LogP contribution < -0.4 is 14.9 Å². The Hall–Kier alpha value is -4.89. The van der Waals surface area contributed by atoms with Gasteiger partial charge in [0, 0.05) is 62.2 Å². The van der Waals surface area contributed by atoms with Gasteiger partial charge < -0.3 is 23.7 Å². The van der Waals surface area contributed by atoms with Gasteiger partial charge in [-0.1, -0.05) is 53.5 Å². The predicted molar refractivity (Wildman–Crippen MR) is 212 cm³/mol. The number of β-amino-alcohol motifs (C(OH)–C–C–N with tert-alkyl or cyclic N) is 1. The average molecular weight is 833 g/mol. The Balaban J connectivity index is 1.03. The van der Waals surface area contributed by atoms with Crippen LogP contribution in [0.5, 0.6) is 5.88 Å². The number of pyridine rings is 1. The van der Waals surface area contributed by atoms with Crippen molar-refractivity contribution in [3.05, 3.63) is 75.6 Å². The number of methoxy groups -OCH3 is 1. The van der Waals surface area contributed by atoms with E-state index in [4.69, 9.17) is 42.7 Å². The van der Waals surface area contributed by atoms with Crippen molar-refractivity contribution in [2.24, 2.45) is 5.92 Å². The second kappa shape index (κ2) is 15.8. The van der Waals surface area contributed by atoms with E-state index >= 15 is 0 Å². The summed E-state index contributed by atoms with van der Waals surface area (Å²) in [6.07, 6.45) is 5.23. The zero-order valence-electron chi connectivity index (χ0n) is 30.9. The number of fused-ring (bicyclic) bond motifs is 1. The second-order valence-corrected chi connectivity index (χ2v) is 17.3. The lowest BCUT2D eigenvalue weighted by Crippen LogP contribution is -2.39. The molecule has 2 aliphatic heterocycles. The van der Waals surface area contributed by atoms with Crippen LogP contribution in [0.25, 0.3) is 44.9 Å². The summed E-state index contributed by atoms with van der Waals surface area (Å²) in [6.45, 7) is 3.60. The number of carbonyl (C=O) groups excluding carboxylic acids is 1. The van der Waals surface area contributed by atoms with Crippen molar-refractivity contribution in [3.63, 3.8) is 0 Å². The third kappa shape index (κ3) is 7.88. The first-order valence-electron chi connectivity index (χ1n) is 18.6. The number of oxazole rings is 1. The number of amides is 1. The molecule has 2 saturated heterocycles. The normalized spacial score (nSPS) is 18.9. The van der Waals surface area contributed by atoms with E-state index in [9.17, 15) is 23.6 Å². The summed E-state index contributed by atoms with van der Waals surface area (Å²) in [7, 11) is -2.07. The summed E-state index contributed by atoms with van der Waals surface area (Å²) < 4.78 is 40.1. The van der Waals surface area contributed by atoms with Crippen molar-refractivity contribution in [1.82, 2.24) is 34.0 Å². The van der Waals surface area contributed by atoms with Crippen molar-refractivity contribution >= 4 is 50.2 Å². The average Bonchev–Trinajstić information content (AvgIpc) is 3.59. The van der Waals surface area contributed by atoms with Crippen LogP contribution in [0, 0.1) is 22.7 Å². The van der Waals surface area contributed by atoms with E-state index in [1.807, 2.05) is 29.2 Å². The number of hydrogen-bond donors (Lipinski definition) is 3. The molecule has 3 N–H and O–H groups in total. The summed E-state index contributed by atoms with van der Waals surface area (Å²) in [4.78, 5) is 30.8. The third-order valence-corrected chi connectivity index (χ3v) is 13.4. The van der Waals surface area contributed by atoms with Crippen LogP contribution in [0.4, 0.5) is 0 Å². The molecule has 5 aromatic rings. The molecule has 296 valence electrons. The van der Waals surface area contributed by atoms with Gasteiger partial charge in [-0.25, -0.2) is 18.4 Å². The number of aliphatic hydroxyl groups is 1. The van der Waals surface area contributed by atoms with Crippen molar-refractivity contribution in [2.75, 3.05) is 39.8 Å². The molecule has 1 saturated carbocycles. The molecular formula is C39H39Cl2N9O6S. The van der Waals surface area contributed by atoms with Gasteiger partial charge in [-0.2, -0.15) is 5.26 Å². The van der Waals surface area contributed by atoms with E-state index < -0.39 is 27.1 Å². The molecule has 8 rings (SSSR count). The first-order chi connectivity index (χ1) is 27.4. The number of nitrogens with zero attached hydrogens (tertiary/aromatic N) is 7. The summed E-state index contributed by atoms with van der Waals surface area (Å²) in [5.41, 5.74) is 3.99. The van der Waals surface area contributed by atoms with Crippen LogP contribution in [0.15, 0.2) is 53.2 Å². The molecule has 3 aromatic heterocycles. The molecule has 0 bridgehead atoms. The van der Waals surface area contributed by atoms with E-state index in [0.717, 1.165) is 6.54 Å². The fourth-order valence-electron chi connectivity index (χ4n) is 7.44. The molecule has 0 unspecified atom stereocenters. The fraction of sp³-hybridized carbons (Fsp3) is 0.385. The second-order valence-electron chi connectivity index (χ2n) is 14.6. The van der Waals surface area contributed by atoms with Gasteiger partial charge in [0.15, 0.2) is 16.6 Å². The number of likely N-dealkylation sites (tertiary alicyclic amines) is 2. The summed E-state index contributed by atoms with van der Waals surface area (Å²) in [6, 6.07) is 13.0. The Morgan fingerprint density at radius 2 is 1.72 bits per heavy atom. The molecule has 15 nitrogen and oxygen atoms in total. The highest BCUT2D eigenvalue weighted by molar-refractivity contribution is 7.90. The molecule has 3 aliphatic rings. The number of aromatic nitrogens is 4. The van der Waals surface area contributed by atoms with Gasteiger partial charge in [-0.15, -0.1) is 0 Å². The molecule has 3 fully saturated rings. The monoisotopic (exact) mass is 831 g/mol. The number of ether oxygens (including phenoxy) is 1. The third-order valence-electron chi connectivity index (χ3n) is 10.7. The van der Waals surface area contributed by atoms with E-state index in [2.05, 4.69) is 25.7 Å². The molecule has 2 aromatic carbocycles. The number of hydrogen-bond acceptors (Lipinski definition) is 13. The van der Waals surface area contributed by atoms with Crippen molar-refractivity contribution < 1.29 is 27.5 Å². The number of benzene rings is 2. The van der Waals surface area contributed by atoms with Crippen LogP contribution in [-0.2, 0) is 27.9 Å². The predicted octanol–water partition coefficient (Wildman–Crippen LogP) is 4.58. The van der Waals surface area contributed by atoms with Crippen LogP contribution in [0.2, 0.25) is 10.0 Å². The van der Waals surface area contributed by atoms with Gasteiger partial charge in [-0.3, -0.25) is 24.8 Å². The van der Waals surface area contributed by atoms with E-state index in [-0.39, 0.29) is 34.1 Å². The number of rotatable bonds is 12. The van der Waals surface area contributed by atoms with E-state index in [0.29, 0.717) is 115 Å². The maximum absolute atomic E-state index is 12.7. The van der Waals surface area contributed by atoms with Crippen molar-refractivity contribution in [2.45, 2.75) is 50.1 Å². The number of aliphatic hydroxyl groups excluding tert-OH is 1. The van der Waals surface area contributed by atoms with Crippen LogP contribution >= 0.6 is 23.2 Å². The molecule has 2 atom stereocenters. The number of sulfonamides is 1. The summed E-state index contributed by atoms with van der Waals surface area (Å²) in [5.74, 6) is -0.433. The summed E-state index contributed by atoms with van der Waals surface area (Å²) in [5, 5.41) is 29.2. The lowest BCUT2D eigenvalue weighted by Gasteiger charge is -2.17. The van der Waals surface area contributed by atoms with Gasteiger partial charge in [0.2, 0.25) is 27.7 Å². The van der Waals surface area contributed by atoms with Gasteiger partial charge >= 0.3 is 0 Å². The highest BCUT2D eigenvalue weighted by atomic mass is 35.5. The minimum absolute atomic E-state index is 0.0339. The molecule has 57 heavy (non-hydrogen) atoms. The fourth-order valence-corrected chi connectivity index (χ4v) is 9.45. The van der Waals surface area contributed by atoms with Gasteiger partial charge in [-0.05, 0) is 38.3 Å². The van der Waals surface area contributed by atoms with Crippen LogP contribution in [0.1, 0.15) is 36.9 Å². The molecule has 5 heterocycles. The first kappa shape index (κ1) is 39.0. The maximum Gasteiger partial charge on any atom is 0.237 e. The molecule has 0 radical (unpaired) electrons.